The summed E-state index contributed by atoms with van der Waals surface area (Å²) in [5.74, 6) is 0. The van der Waals surface area contributed by atoms with E-state index >= 15 is 0 Å². The van der Waals surface area contributed by atoms with Gasteiger partial charge in [0.2, 0.25) is 0 Å². The molecule has 0 spiro atoms. The first-order valence-electron chi connectivity index (χ1n) is 3.21. The van der Waals surface area contributed by atoms with Gasteiger partial charge in [-0.3, -0.25) is 0 Å². The molecule has 0 bridgehead atoms. The number of aliphatic hydroxyl groups is 2. The fourth-order valence-corrected chi connectivity index (χ4v) is 0.666. The van der Waals surface area contributed by atoms with E-state index in [9.17, 15) is 8.42 Å². The maximum Gasteiger partial charge on any atom is 1.00 e. The Hall–Kier alpha value is 0.710. The van der Waals surface area contributed by atoms with Crippen molar-refractivity contribution in [1.29, 1.82) is 0 Å². The van der Waals surface area contributed by atoms with Crippen LogP contribution in [0.5, 0.6) is 0 Å². The summed E-state index contributed by atoms with van der Waals surface area (Å²) in [5, 5.41) is 16.3. The van der Waals surface area contributed by atoms with E-state index in [1.54, 1.807) is 0 Å². The normalized spacial score (nSPS) is 11.0. The third-order valence-electron chi connectivity index (χ3n) is 0.612. The molecule has 0 aliphatic carbocycles. The molecule has 0 saturated heterocycles. The minimum atomic E-state index is -4.39. The molecule has 8 nitrogen and oxygen atoms in total. The minimum absolute atomic E-state index is 0. The number of hydrogen-bond donors (Lipinski definition) is 2. The van der Waals surface area contributed by atoms with Gasteiger partial charge >= 0.3 is 40.0 Å². The van der Waals surface area contributed by atoms with Crippen LogP contribution in [0.4, 0.5) is 0 Å². The van der Waals surface area contributed by atoms with Gasteiger partial charge in [-0.05, 0) is 0 Å². The first-order valence-corrected chi connectivity index (χ1v) is 4.54. The maximum absolute atomic E-state index is 10.5. The predicted molar refractivity (Wildman–Crippen MR) is 38.3 cm³/mol. The summed E-state index contributed by atoms with van der Waals surface area (Å²) in [7, 11) is -4.39. The van der Waals surface area contributed by atoms with Gasteiger partial charge in [0.25, 0.3) is 0 Å². The Kier molecular flexibility index (Phi) is 12.5. The molecule has 0 unspecified atom stereocenters. The van der Waals surface area contributed by atoms with Crippen LogP contribution in [-0.4, -0.2) is 45.1 Å². The monoisotopic (exact) mass is 242 g/mol. The molecular weight excluding hydrogens is 231 g/mol. The molecule has 0 aliphatic rings. The fourth-order valence-electron chi connectivity index (χ4n) is 0.272. The molecule has 0 saturated carbocycles. The molecule has 0 aromatic rings. The largest absolute Gasteiger partial charge is 1.00 e. The first kappa shape index (κ1) is 17.1. The zero-order valence-corrected chi connectivity index (χ0v) is 10.4. The summed E-state index contributed by atoms with van der Waals surface area (Å²) in [5.41, 5.74) is 0. The Morgan fingerprint density at radius 3 is 1.64 bits per heavy atom. The smallest absolute Gasteiger partial charge is 1.00 e. The zero-order valence-electron chi connectivity index (χ0n) is 8.58. The van der Waals surface area contributed by atoms with Crippen molar-refractivity contribution in [3.8, 4) is 0 Å². The Bertz CT molecular complexity index is 193. The van der Waals surface area contributed by atoms with Crippen LogP contribution < -0.4 is 29.6 Å². The van der Waals surface area contributed by atoms with Crippen molar-refractivity contribution in [2.24, 2.45) is 0 Å². The number of aliphatic hydroxyl groups excluding tert-OH is 2. The third kappa shape index (κ3) is 10.8. The molecule has 14 heavy (non-hydrogen) atoms. The number of rotatable bonds is 8. The molecule has 0 aromatic heterocycles. The van der Waals surface area contributed by atoms with E-state index < -0.39 is 23.6 Å². The van der Waals surface area contributed by atoms with Gasteiger partial charge in [0.1, 0.15) is 13.2 Å². The van der Waals surface area contributed by atoms with Crippen LogP contribution in [0.3, 0.4) is 0 Å². The van der Waals surface area contributed by atoms with Crippen molar-refractivity contribution in [3.63, 3.8) is 0 Å². The van der Waals surface area contributed by atoms with Gasteiger partial charge in [-0.2, -0.15) is 8.42 Å². The van der Waals surface area contributed by atoms with Crippen molar-refractivity contribution in [3.05, 3.63) is 0 Å². The Labute approximate surface area is 105 Å². The molecule has 82 valence electrons. The zero-order chi connectivity index (χ0) is 10.2. The number of hydrogen-bond acceptors (Lipinski definition) is 8. The van der Waals surface area contributed by atoms with E-state index in [1.165, 1.54) is 0 Å². The Morgan fingerprint density at radius 1 is 1.00 bits per heavy atom. The molecule has 2 N–H and O–H groups in total. The van der Waals surface area contributed by atoms with Crippen LogP contribution in [0.15, 0.2) is 0 Å². The molecule has 0 aliphatic heterocycles. The third-order valence-corrected chi connectivity index (χ3v) is 1.14. The van der Waals surface area contributed by atoms with E-state index in [0.717, 1.165) is 0 Å². The Morgan fingerprint density at radius 2 is 1.36 bits per heavy atom. The van der Waals surface area contributed by atoms with Gasteiger partial charge in [-0.25, -0.2) is 9.78 Å². The van der Waals surface area contributed by atoms with Crippen molar-refractivity contribution < 1.29 is 68.1 Å². The summed E-state index contributed by atoms with van der Waals surface area (Å²) < 4.78 is 28.4. The second kappa shape index (κ2) is 10.2. The second-order valence-electron chi connectivity index (χ2n) is 1.64. The van der Waals surface area contributed by atoms with E-state index in [1.807, 2.05) is 0 Å². The predicted octanol–water partition coefficient (Wildman–Crippen LogP) is -4.77. The molecule has 0 aromatic carbocycles. The second-order valence-corrected chi connectivity index (χ2v) is 2.72. The molecule has 0 amide bonds. The first-order chi connectivity index (χ1) is 6.12. The quantitative estimate of drug-likeness (QED) is 0.189. The average Bonchev–Trinajstić information content (AvgIpc) is 2.05. The molecule has 0 rings (SSSR count). The van der Waals surface area contributed by atoms with Gasteiger partial charge < -0.3 is 11.6 Å². The summed E-state index contributed by atoms with van der Waals surface area (Å²) >= 11 is 0. The maximum atomic E-state index is 10.5. The van der Waals surface area contributed by atoms with Crippen molar-refractivity contribution in [2.45, 2.75) is 0 Å². The fraction of sp³-hybridized carbons (Fsp3) is 1.00. The molecule has 0 radical (unpaired) electrons. The van der Waals surface area contributed by atoms with Crippen LogP contribution in [0.1, 0.15) is 1.43 Å². The van der Waals surface area contributed by atoms with Crippen molar-refractivity contribution in [2.75, 3.05) is 26.4 Å². The van der Waals surface area contributed by atoms with Gasteiger partial charge in [-0.1, -0.05) is 8.67 Å². The molecule has 0 fully saturated rings. The van der Waals surface area contributed by atoms with E-state index in [2.05, 4.69) is 18.4 Å². The van der Waals surface area contributed by atoms with E-state index in [0.29, 0.717) is 0 Å². The van der Waals surface area contributed by atoms with Crippen LogP contribution in [-0.2, 0) is 28.8 Å². The topological polar surface area (TPSA) is 112 Å². The summed E-state index contributed by atoms with van der Waals surface area (Å²) in [6.07, 6.45) is 0. The molecule has 0 heterocycles. The summed E-state index contributed by atoms with van der Waals surface area (Å²) in [4.78, 5) is 7.95. The SMILES string of the molecule is O=S(=O)(OOCCO)OOCCO.[H-].[Na+]. The summed E-state index contributed by atoms with van der Waals surface area (Å²) in [6.45, 7) is -1.43. The van der Waals surface area contributed by atoms with Gasteiger partial charge in [0, 0.05) is 0 Å². The van der Waals surface area contributed by atoms with Gasteiger partial charge in [0.15, 0.2) is 0 Å². The van der Waals surface area contributed by atoms with Crippen molar-refractivity contribution in [1.82, 2.24) is 0 Å². The molecular formula is C4H11NaO8S. The van der Waals surface area contributed by atoms with Crippen molar-refractivity contribution >= 4 is 10.4 Å². The summed E-state index contributed by atoms with van der Waals surface area (Å²) in [6, 6.07) is 0. The van der Waals surface area contributed by atoms with E-state index in [4.69, 9.17) is 10.2 Å². The molecule has 10 heteroatoms. The average molecular weight is 242 g/mol. The Balaban J connectivity index is -0.000000720. The molecule has 0 atom stereocenters. The van der Waals surface area contributed by atoms with Gasteiger partial charge in [-0.15, -0.1) is 0 Å². The van der Waals surface area contributed by atoms with Crippen LogP contribution >= 0.6 is 0 Å². The van der Waals surface area contributed by atoms with Gasteiger partial charge in [0.05, 0.1) is 13.2 Å². The minimum Gasteiger partial charge on any atom is -1.00 e. The van der Waals surface area contributed by atoms with Crippen LogP contribution in [0.25, 0.3) is 0 Å². The van der Waals surface area contributed by atoms with Crippen LogP contribution in [0.2, 0.25) is 0 Å². The van der Waals surface area contributed by atoms with E-state index in [-0.39, 0.29) is 44.2 Å². The standard InChI is InChI=1S/C4H10O8S.Na.H/c5-1-3-9-11-13(7,8)12-10-4-2-6;;/h5-6H,1-4H2;;/q;+1;-1. The van der Waals surface area contributed by atoms with Crippen LogP contribution in [0, 0.1) is 0 Å².